The van der Waals surface area contributed by atoms with Crippen LogP contribution in [-0.2, 0) is 4.79 Å². The van der Waals surface area contributed by atoms with E-state index in [1.54, 1.807) is 11.8 Å². The summed E-state index contributed by atoms with van der Waals surface area (Å²) in [7, 11) is 0. The van der Waals surface area contributed by atoms with Gasteiger partial charge in [-0.2, -0.15) is 4.99 Å². The number of amidine groups is 1. The molecule has 29 heavy (non-hydrogen) atoms. The maximum atomic E-state index is 13.0. The number of thioether (sulfide) groups is 1. The Morgan fingerprint density at radius 3 is 2.17 bits per heavy atom. The Hall–Kier alpha value is -0.550. The molecule has 4 nitrogen and oxygen atoms in total. The quantitative estimate of drug-likeness (QED) is 0.742. The maximum absolute atomic E-state index is 13.0. The fraction of sp³-hybridized carbons (Fsp3) is 0.917. The van der Waals surface area contributed by atoms with E-state index in [2.05, 4.69) is 15.2 Å². The van der Waals surface area contributed by atoms with Gasteiger partial charge in [0.2, 0.25) is 0 Å². The second-order valence-corrected chi connectivity index (χ2v) is 13.1. The van der Waals surface area contributed by atoms with Crippen LogP contribution in [0.5, 0.6) is 0 Å². The van der Waals surface area contributed by atoms with E-state index < -0.39 is 0 Å². The highest BCUT2D eigenvalue weighted by atomic mass is 32.2. The Balaban J connectivity index is 1.000. The molecule has 3 atom stereocenters. The molecule has 8 aliphatic rings. The van der Waals surface area contributed by atoms with E-state index in [1.807, 2.05) is 0 Å². The summed E-state index contributed by atoms with van der Waals surface area (Å²) in [5.74, 6) is 5.93. The molecule has 7 fully saturated rings. The van der Waals surface area contributed by atoms with Crippen LogP contribution >= 0.6 is 11.8 Å². The van der Waals surface area contributed by atoms with Crippen LogP contribution in [-0.4, -0.2) is 45.9 Å². The van der Waals surface area contributed by atoms with Gasteiger partial charge in [-0.15, -0.1) is 0 Å². The molecule has 6 bridgehead atoms. The molecule has 0 radical (unpaired) electrons. The minimum atomic E-state index is -0.248. The first kappa shape index (κ1) is 18.1. The van der Waals surface area contributed by atoms with Crippen molar-refractivity contribution in [2.45, 2.75) is 87.5 Å². The molecular weight excluding hydrogens is 378 g/mol. The van der Waals surface area contributed by atoms with Crippen molar-refractivity contribution < 1.29 is 4.79 Å². The molecule has 8 rings (SSSR count). The van der Waals surface area contributed by atoms with E-state index in [0.717, 1.165) is 72.6 Å². The Kier molecular flexibility index (Phi) is 4.03. The fourth-order valence-corrected chi connectivity index (χ4v) is 10.3. The highest BCUT2D eigenvalue weighted by Gasteiger charge is 2.54. The highest BCUT2D eigenvalue weighted by Crippen LogP contribution is 2.56. The molecule has 3 unspecified atom stereocenters. The highest BCUT2D eigenvalue weighted by molar-refractivity contribution is 8.16. The summed E-state index contributed by atoms with van der Waals surface area (Å²) in [4.78, 5) is 20.3. The molecule has 1 spiro atoms. The van der Waals surface area contributed by atoms with Crippen molar-refractivity contribution >= 4 is 22.8 Å². The van der Waals surface area contributed by atoms with E-state index in [0.29, 0.717) is 6.04 Å². The van der Waals surface area contributed by atoms with Crippen LogP contribution in [0.15, 0.2) is 4.99 Å². The largest absolute Gasteiger partial charge is 0.361 e. The Morgan fingerprint density at radius 2 is 1.55 bits per heavy atom. The van der Waals surface area contributed by atoms with Crippen molar-refractivity contribution in [2.75, 3.05) is 13.1 Å². The monoisotopic (exact) mass is 413 g/mol. The van der Waals surface area contributed by atoms with Gasteiger partial charge in [0.05, 0.1) is 0 Å². The summed E-state index contributed by atoms with van der Waals surface area (Å²) in [6.45, 7) is 2.23. The van der Waals surface area contributed by atoms with Crippen LogP contribution < -0.4 is 5.32 Å². The number of piperidine rings is 1. The summed E-state index contributed by atoms with van der Waals surface area (Å²) in [6.07, 6.45) is 15.0. The minimum absolute atomic E-state index is 0.165. The predicted molar refractivity (Wildman–Crippen MR) is 117 cm³/mol. The number of nitrogens with one attached hydrogen (secondary N) is 1. The molecule has 1 N–H and O–H groups in total. The molecule has 2 aliphatic heterocycles. The average molecular weight is 414 g/mol. The molecule has 158 valence electrons. The second-order valence-electron chi connectivity index (χ2n) is 11.7. The number of rotatable bonds is 2. The molecule has 0 aromatic heterocycles. The summed E-state index contributed by atoms with van der Waals surface area (Å²) < 4.78 is -0.248. The molecule has 0 aromatic rings. The van der Waals surface area contributed by atoms with Gasteiger partial charge in [0.25, 0.3) is 5.91 Å². The van der Waals surface area contributed by atoms with Crippen molar-refractivity contribution in [1.29, 1.82) is 0 Å². The topological polar surface area (TPSA) is 44.7 Å². The number of nitrogens with zero attached hydrogens (tertiary/aromatic N) is 2. The van der Waals surface area contributed by atoms with Crippen molar-refractivity contribution in [3.05, 3.63) is 0 Å². The first-order valence-corrected chi connectivity index (χ1v) is 13.3. The molecule has 1 saturated heterocycles. The maximum Gasteiger partial charge on any atom is 0.264 e. The van der Waals surface area contributed by atoms with Gasteiger partial charge >= 0.3 is 0 Å². The molecule has 6 saturated carbocycles. The molecule has 2 heterocycles. The summed E-state index contributed by atoms with van der Waals surface area (Å²) in [5, 5.41) is 4.66. The van der Waals surface area contributed by atoms with Crippen molar-refractivity contribution in [3.63, 3.8) is 0 Å². The summed E-state index contributed by atoms with van der Waals surface area (Å²) >= 11 is 1.80. The van der Waals surface area contributed by atoms with Gasteiger partial charge in [-0.3, -0.25) is 9.69 Å². The van der Waals surface area contributed by atoms with Crippen LogP contribution in [0.4, 0.5) is 0 Å². The number of carbonyl (C=O) groups excluding carboxylic acids is 1. The second kappa shape index (κ2) is 6.48. The Bertz CT molecular complexity index is 714. The van der Waals surface area contributed by atoms with Gasteiger partial charge in [0, 0.05) is 25.2 Å². The fourth-order valence-electron chi connectivity index (χ4n) is 9.08. The third-order valence-corrected chi connectivity index (χ3v) is 11.5. The lowest BCUT2D eigenvalue weighted by Gasteiger charge is -2.58. The van der Waals surface area contributed by atoms with E-state index in [1.165, 1.54) is 57.8 Å². The number of amides is 1. The minimum Gasteiger partial charge on any atom is -0.361 e. The van der Waals surface area contributed by atoms with Crippen molar-refractivity contribution in [2.24, 2.45) is 40.5 Å². The normalized spacial score (nSPS) is 49.9. The summed E-state index contributed by atoms with van der Waals surface area (Å²) in [5.41, 5.74) is 0. The number of likely N-dealkylation sites (tertiary alicyclic amines) is 1. The van der Waals surface area contributed by atoms with Crippen LogP contribution in [0.25, 0.3) is 0 Å². The van der Waals surface area contributed by atoms with Crippen LogP contribution in [0.3, 0.4) is 0 Å². The van der Waals surface area contributed by atoms with E-state index in [-0.39, 0.29) is 10.7 Å². The number of fused-ring (bicyclic) bond motifs is 2. The number of hydrogen-bond donors (Lipinski definition) is 1. The number of carbonyl (C=O) groups is 1. The van der Waals surface area contributed by atoms with Crippen molar-refractivity contribution in [3.8, 4) is 0 Å². The zero-order valence-electron chi connectivity index (χ0n) is 17.5. The Morgan fingerprint density at radius 1 is 0.862 bits per heavy atom. The van der Waals surface area contributed by atoms with Gasteiger partial charge in [0.15, 0.2) is 5.17 Å². The molecular formula is C24H35N3OS. The van der Waals surface area contributed by atoms with Gasteiger partial charge < -0.3 is 5.32 Å². The third-order valence-electron chi connectivity index (χ3n) is 10.1. The van der Waals surface area contributed by atoms with Crippen LogP contribution in [0, 0.1) is 35.5 Å². The van der Waals surface area contributed by atoms with Crippen LogP contribution in [0.1, 0.15) is 70.6 Å². The Labute approximate surface area is 179 Å². The third kappa shape index (κ3) is 2.82. The van der Waals surface area contributed by atoms with E-state index in [9.17, 15) is 4.79 Å². The van der Waals surface area contributed by atoms with E-state index in [4.69, 9.17) is 0 Å². The zero-order chi connectivity index (χ0) is 19.2. The number of hydrogen-bond acceptors (Lipinski definition) is 4. The lowest BCUT2D eigenvalue weighted by atomic mass is 9.53. The molecule has 1 amide bonds. The first-order chi connectivity index (χ1) is 14.1. The van der Waals surface area contributed by atoms with Crippen molar-refractivity contribution in [1.82, 2.24) is 10.2 Å². The summed E-state index contributed by atoms with van der Waals surface area (Å²) in [6, 6.07) is 1.41. The standard InChI is InChI=1S/C24H35N3OS/c28-22-24(29-23(26-22)25-20-13-14-1-2-17(20)8-14)3-5-27(6-4-24)21-18-9-15-7-16(11-18)12-19(21)10-15/h14-21H,1-13H2,(H,25,26,28). The van der Waals surface area contributed by atoms with E-state index >= 15 is 0 Å². The zero-order valence-corrected chi connectivity index (χ0v) is 18.3. The number of aliphatic imine (C=N–C) groups is 1. The lowest BCUT2D eigenvalue weighted by Crippen LogP contribution is -2.59. The molecule has 5 heteroatoms. The lowest BCUT2D eigenvalue weighted by molar-refractivity contribution is -0.122. The van der Waals surface area contributed by atoms with Gasteiger partial charge in [-0.1, -0.05) is 18.2 Å². The van der Waals surface area contributed by atoms with Crippen LogP contribution in [0.2, 0.25) is 0 Å². The van der Waals surface area contributed by atoms with Gasteiger partial charge in [-0.25, -0.2) is 0 Å². The molecule has 6 aliphatic carbocycles. The van der Waals surface area contributed by atoms with Gasteiger partial charge in [-0.05, 0) is 99.7 Å². The molecule has 0 aromatic carbocycles. The smallest absolute Gasteiger partial charge is 0.264 e. The average Bonchev–Trinajstić information content (AvgIpc) is 3.38. The predicted octanol–water partition coefficient (Wildman–Crippen LogP) is 4.05. The van der Waals surface area contributed by atoms with Gasteiger partial charge in [0.1, 0.15) is 4.75 Å². The SMILES string of the molecule is O=C1N=C(NC2CC3CCC2C3)SC12CCN(C1C3CC4CC(C3)CC1C4)CC2. The first-order valence-electron chi connectivity index (χ1n) is 12.5.